The quantitative estimate of drug-likeness (QED) is 0.644. The molecule has 3 rings (SSSR count). The molecule has 180 valence electrons. The summed E-state index contributed by atoms with van der Waals surface area (Å²) < 4.78 is 16.3. The minimum Gasteiger partial charge on any atom is -0.467 e. The van der Waals surface area contributed by atoms with Crippen LogP contribution < -0.4 is 5.32 Å². The summed E-state index contributed by atoms with van der Waals surface area (Å²) in [6.45, 7) is 6.24. The van der Waals surface area contributed by atoms with Crippen LogP contribution in [0.25, 0.3) is 6.08 Å². The monoisotopic (exact) mass is 459 g/mol. The molecule has 33 heavy (non-hydrogen) atoms. The number of aromatic nitrogens is 1. The van der Waals surface area contributed by atoms with E-state index in [4.69, 9.17) is 14.2 Å². The number of esters is 1. The fraction of sp³-hybridized carbons (Fsp3) is 0.583. The maximum Gasteiger partial charge on any atom is 0.407 e. The molecule has 0 aromatic carbocycles. The Morgan fingerprint density at radius 3 is 2.79 bits per heavy atom. The van der Waals surface area contributed by atoms with Crippen molar-refractivity contribution in [3.63, 3.8) is 0 Å². The van der Waals surface area contributed by atoms with Crippen molar-refractivity contribution in [1.82, 2.24) is 15.2 Å². The topological polar surface area (TPSA) is 107 Å². The van der Waals surface area contributed by atoms with E-state index in [2.05, 4.69) is 10.3 Å². The van der Waals surface area contributed by atoms with Gasteiger partial charge in [0.25, 0.3) is 0 Å². The number of hydrogen-bond acceptors (Lipinski definition) is 7. The molecule has 1 N–H and O–H groups in total. The van der Waals surface area contributed by atoms with Gasteiger partial charge in [-0.2, -0.15) is 0 Å². The van der Waals surface area contributed by atoms with Crippen LogP contribution in [0.3, 0.4) is 0 Å². The molecule has 1 saturated heterocycles. The third-order valence-electron chi connectivity index (χ3n) is 5.73. The van der Waals surface area contributed by atoms with Gasteiger partial charge in [0, 0.05) is 13.0 Å². The highest BCUT2D eigenvalue weighted by molar-refractivity contribution is 5.91. The molecule has 1 aromatic rings. The van der Waals surface area contributed by atoms with Crippen molar-refractivity contribution in [2.24, 2.45) is 5.41 Å². The molecule has 1 aromatic heterocycles. The highest BCUT2D eigenvalue weighted by Crippen LogP contribution is 2.28. The summed E-state index contributed by atoms with van der Waals surface area (Å²) >= 11 is 0. The number of alkyl carbamates (subject to hydrolysis) is 1. The lowest BCUT2D eigenvalue weighted by Crippen LogP contribution is -2.57. The molecular weight excluding hydrogens is 426 g/mol. The van der Waals surface area contributed by atoms with Crippen LogP contribution in [0.4, 0.5) is 4.79 Å². The number of carbonyl (C=O) groups is 3. The van der Waals surface area contributed by atoms with Crippen molar-refractivity contribution < 1.29 is 28.6 Å². The van der Waals surface area contributed by atoms with Crippen LogP contribution in [-0.4, -0.2) is 66.3 Å². The number of rotatable bonds is 1. The third-order valence-corrected chi connectivity index (χ3v) is 5.73. The predicted molar refractivity (Wildman–Crippen MR) is 121 cm³/mol. The molecule has 0 aliphatic carbocycles. The number of fused-ring (bicyclic) bond motifs is 4. The first kappa shape index (κ1) is 24.7. The van der Waals surface area contributed by atoms with Gasteiger partial charge in [-0.05, 0) is 36.5 Å². The van der Waals surface area contributed by atoms with Crippen molar-refractivity contribution >= 4 is 24.0 Å². The SMILES string of the molecule is COC(=O)[C@@H]1C[C@@H]2CN1C(=O)[C@H](C(C)(C)C)NC(=O)OCCCC=Cc1cccc(n1)CO2. The number of nitrogens with zero attached hydrogens (tertiary/aromatic N) is 2. The Morgan fingerprint density at radius 2 is 2.06 bits per heavy atom. The summed E-state index contributed by atoms with van der Waals surface area (Å²) in [6, 6.07) is 4.02. The number of carbonyl (C=O) groups excluding carboxylic acids is 3. The van der Waals surface area contributed by atoms with Crippen LogP contribution in [0.5, 0.6) is 0 Å². The van der Waals surface area contributed by atoms with Crippen LogP contribution in [0.2, 0.25) is 0 Å². The summed E-state index contributed by atoms with van der Waals surface area (Å²) in [5.74, 6) is -0.883. The second-order valence-electron chi connectivity index (χ2n) is 9.38. The van der Waals surface area contributed by atoms with Crippen LogP contribution in [0.1, 0.15) is 51.4 Å². The van der Waals surface area contributed by atoms with Crippen molar-refractivity contribution in [2.45, 2.75) is 64.8 Å². The summed E-state index contributed by atoms with van der Waals surface area (Å²) in [6.07, 6.45) is 4.53. The van der Waals surface area contributed by atoms with E-state index in [1.807, 2.05) is 51.1 Å². The molecular formula is C24H33N3O6. The highest BCUT2D eigenvalue weighted by atomic mass is 16.5. The Balaban J connectivity index is 1.88. The molecule has 0 saturated carbocycles. The minimum absolute atomic E-state index is 0.210. The van der Waals surface area contributed by atoms with Gasteiger partial charge in [0.05, 0.1) is 37.8 Å². The average Bonchev–Trinajstić information content (AvgIpc) is 3.21. The standard InChI is InChI=1S/C24H33N3O6/c1-24(2,3)20-21(28)27-14-18(13-19(27)22(29)31-4)33-15-17-11-8-10-16(25-17)9-6-5-7-12-32-23(30)26-20/h6,8-11,18-20H,5,7,12-15H2,1-4H3,(H,26,30)/t18-,19+,20-/m1/s1. The summed E-state index contributed by atoms with van der Waals surface area (Å²) in [5, 5.41) is 2.70. The number of ether oxygens (including phenoxy) is 3. The maximum atomic E-state index is 13.5. The average molecular weight is 460 g/mol. The Bertz CT molecular complexity index is 894. The lowest BCUT2D eigenvalue weighted by atomic mass is 9.85. The zero-order chi connectivity index (χ0) is 24.0. The number of allylic oxidation sites excluding steroid dienone is 1. The molecule has 2 aliphatic heterocycles. The molecule has 9 heteroatoms. The van der Waals surface area contributed by atoms with E-state index in [1.54, 1.807) is 0 Å². The van der Waals surface area contributed by atoms with Crippen LogP contribution in [0, 0.1) is 5.41 Å². The van der Waals surface area contributed by atoms with Gasteiger partial charge in [0.15, 0.2) is 0 Å². The first-order valence-electron chi connectivity index (χ1n) is 11.2. The molecule has 9 nitrogen and oxygen atoms in total. The smallest absolute Gasteiger partial charge is 0.407 e. The Kier molecular flexibility index (Phi) is 8.07. The predicted octanol–water partition coefficient (Wildman–Crippen LogP) is 2.69. The highest BCUT2D eigenvalue weighted by Gasteiger charge is 2.46. The lowest BCUT2D eigenvalue weighted by molar-refractivity contribution is -0.152. The molecule has 1 fully saturated rings. The Morgan fingerprint density at radius 1 is 1.27 bits per heavy atom. The molecule has 3 atom stereocenters. The van der Waals surface area contributed by atoms with E-state index >= 15 is 0 Å². The van der Waals surface area contributed by atoms with Gasteiger partial charge in [0.1, 0.15) is 12.1 Å². The van der Waals surface area contributed by atoms with Crippen molar-refractivity contribution in [3.8, 4) is 0 Å². The maximum absolute atomic E-state index is 13.5. The van der Waals surface area contributed by atoms with Gasteiger partial charge >= 0.3 is 12.1 Å². The number of cyclic esters (lactones) is 1. The first-order chi connectivity index (χ1) is 15.7. The summed E-state index contributed by atoms with van der Waals surface area (Å²) in [4.78, 5) is 44.5. The number of amides is 2. The first-order valence-corrected chi connectivity index (χ1v) is 11.2. The van der Waals surface area contributed by atoms with Crippen LogP contribution in [-0.2, 0) is 30.4 Å². The van der Waals surface area contributed by atoms with E-state index in [0.717, 1.165) is 11.4 Å². The molecule has 0 unspecified atom stereocenters. The van der Waals surface area contributed by atoms with Gasteiger partial charge in [-0.25, -0.2) is 9.59 Å². The number of nitrogens with one attached hydrogen (secondary N) is 1. The normalized spacial score (nSPS) is 25.0. The molecule has 2 amide bonds. The van der Waals surface area contributed by atoms with E-state index in [0.29, 0.717) is 19.3 Å². The van der Waals surface area contributed by atoms with Gasteiger partial charge in [-0.15, -0.1) is 0 Å². The molecule has 0 radical (unpaired) electrons. The van der Waals surface area contributed by atoms with E-state index in [1.165, 1.54) is 12.0 Å². The number of hydrogen-bond donors (Lipinski definition) is 1. The van der Waals surface area contributed by atoms with E-state index in [9.17, 15) is 14.4 Å². The van der Waals surface area contributed by atoms with Crippen LogP contribution in [0.15, 0.2) is 24.3 Å². The largest absolute Gasteiger partial charge is 0.467 e. The third kappa shape index (κ3) is 6.54. The fourth-order valence-electron chi connectivity index (χ4n) is 3.94. The Labute approximate surface area is 194 Å². The van der Waals surface area contributed by atoms with Gasteiger partial charge in [0.2, 0.25) is 5.91 Å². The van der Waals surface area contributed by atoms with Gasteiger partial charge in [-0.1, -0.05) is 32.9 Å². The number of pyridine rings is 1. The van der Waals surface area contributed by atoms with Gasteiger partial charge in [-0.3, -0.25) is 9.78 Å². The molecule has 2 aliphatic rings. The zero-order valence-corrected chi connectivity index (χ0v) is 19.7. The molecule has 0 spiro atoms. The Hall–Kier alpha value is -2.94. The van der Waals surface area contributed by atoms with E-state index in [-0.39, 0.29) is 31.8 Å². The summed E-state index contributed by atoms with van der Waals surface area (Å²) in [7, 11) is 1.29. The van der Waals surface area contributed by atoms with E-state index < -0.39 is 29.6 Å². The van der Waals surface area contributed by atoms with Gasteiger partial charge < -0.3 is 24.4 Å². The fourth-order valence-corrected chi connectivity index (χ4v) is 3.94. The second-order valence-corrected chi connectivity index (χ2v) is 9.38. The van der Waals surface area contributed by atoms with Crippen molar-refractivity contribution in [3.05, 3.63) is 35.7 Å². The molecule has 3 heterocycles. The lowest BCUT2D eigenvalue weighted by Gasteiger charge is -2.34. The second kappa shape index (κ2) is 10.8. The number of methoxy groups -OCH3 is 1. The minimum atomic E-state index is -0.881. The summed E-state index contributed by atoms with van der Waals surface area (Å²) in [5.41, 5.74) is 0.962. The van der Waals surface area contributed by atoms with Crippen molar-refractivity contribution in [1.29, 1.82) is 0 Å². The molecule has 4 bridgehead atoms. The van der Waals surface area contributed by atoms with Crippen molar-refractivity contribution in [2.75, 3.05) is 20.3 Å². The van der Waals surface area contributed by atoms with Crippen LogP contribution >= 0.6 is 0 Å². The zero-order valence-electron chi connectivity index (χ0n) is 19.7.